The summed E-state index contributed by atoms with van der Waals surface area (Å²) in [5.41, 5.74) is 3.61. The number of hydrogen-bond acceptors (Lipinski definition) is 2. The van der Waals surface area contributed by atoms with Crippen LogP contribution in [0.3, 0.4) is 0 Å². The third-order valence-corrected chi connectivity index (χ3v) is 3.80. The molecule has 22 heavy (non-hydrogen) atoms. The number of aryl methyl sites for hydroxylation is 1. The molecule has 0 radical (unpaired) electrons. The zero-order chi connectivity index (χ0) is 15.5. The molecule has 0 spiro atoms. The van der Waals surface area contributed by atoms with Crippen LogP contribution in [-0.2, 0) is 6.54 Å². The molecule has 0 bridgehead atoms. The summed E-state index contributed by atoms with van der Waals surface area (Å²) < 4.78 is 5.12. The molecule has 0 aliphatic rings. The van der Waals surface area contributed by atoms with Crippen LogP contribution in [-0.4, -0.2) is 18.0 Å². The molecule has 0 aliphatic heterocycles. The number of amides is 1. The second-order valence-electron chi connectivity index (χ2n) is 5.20. The highest BCUT2D eigenvalue weighted by atomic mass is 16.5. The molecule has 1 aromatic heterocycles. The molecule has 0 unspecified atom stereocenters. The van der Waals surface area contributed by atoms with Gasteiger partial charge in [-0.15, -0.1) is 0 Å². The summed E-state index contributed by atoms with van der Waals surface area (Å²) in [5, 5.41) is 4.02. The topological polar surface area (TPSA) is 54.1 Å². The first-order chi connectivity index (χ1) is 10.7. The summed E-state index contributed by atoms with van der Waals surface area (Å²) in [7, 11) is 1.63. The number of carbonyl (C=O) groups is 1. The Kier molecular flexibility index (Phi) is 3.83. The van der Waals surface area contributed by atoms with Crippen LogP contribution in [0.25, 0.3) is 10.9 Å². The summed E-state index contributed by atoms with van der Waals surface area (Å²) >= 11 is 0. The van der Waals surface area contributed by atoms with Gasteiger partial charge in [-0.1, -0.05) is 30.3 Å². The summed E-state index contributed by atoms with van der Waals surface area (Å²) in [6.45, 7) is 2.44. The van der Waals surface area contributed by atoms with E-state index in [-0.39, 0.29) is 5.91 Å². The lowest BCUT2D eigenvalue weighted by Gasteiger charge is -2.06. The second-order valence-corrected chi connectivity index (χ2v) is 5.20. The summed E-state index contributed by atoms with van der Waals surface area (Å²) in [4.78, 5) is 15.6. The third kappa shape index (κ3) is 2.68. The third-order valence-electron chi connectivity index (χ3n) is 3.80. The number of fused-ring (bicyclic) bond motifs is 1. The Hall–Kier alpha value is -2.75. The number of rotatable bonds is 4. The monoisotopic (exact) mass is 294 g/mol. The molecule has 1 heterocycles. The fourth-order valence-corrected chi connectivity index (χ4v) is 2.52. The quantitative estimate of drug-likeness (QED) is 0.774. The van der Waals surface area contributed by atoms with Crippen molar-refractivity contribution in [2.75, 3.05) is 7.11 Å². The van der Waals surface area contributed by atoms with Crippen LogP contribution < -0.4 is 10.1 Å². The normalized spacial score (nSPS) is 10.6. The molecule has 112 valence electrons. The zero-order valence-electron chi connectivity index (χ0n) is 12.6. The van der Waals surface area contributed by atoms with Crippen molar-refractivity contribution in [3.05, 3.63) is 65.4 Å². The van der Waals surface area contributed by atoms with Gasteiger partial charge in [-0.2, -0.15) is 0 Å². The minimum Gasteiger partial charge on any atom is -0.497 e. The van der Waals surface area contributed by atoms with Crippen molar-refractivity contribution >= 4 is 16.8 Å². The zero-order valence-corrected chi connectivity index (χ0v) is 12.6. The van der Waals surface area contributed by atoms with Gasteiger partial charge in [0.05, 0.1) is 7.11 Å². The number of methoxy groups -OCH3 is 1. The first-order valence-electron chi connectivity index (χ1n) is 7.17. The van der Waals surface area contributed by atoms with Gasteiger partial charge in [-0.25, -0.2) is 0 Å². The van der Waals surface area contributed by atoms with Gasteiger partial charge in [-0.3, -0.25) is 4.79 Å². The van der Waals surface area contributed by atoms with Crippen molar-refractivity contribution in [3.63, 3.8) is 0 Å². The fraction of sp³-hybridized carbons (Fsp3) is 0.167. The number of para-hydroxylation sites is 1. The Labute approximate surface area is 129 Å². The van der Waals surface area contributed by atoms with E-state index < -0.39 is 0 Å². The summed E-state index contributed by atoms with van der Waals surface area (Å²) in [6, 6.07) is 15.6. The van der Waals surface area contributed by atoms with Crippen LogP contribution in [0.15, 0.2) is 48.5 Å². The van der Waals surface area contributed by atoms with Crippen molar-refractivity contribution in [2.24, 2.45) is 0 Å². The highest BCUT2D eigenvalue weighted by molar-refractivity contribution is 6.00. The number of benzene rings is 2. The molecule has 3 aromatic rings. The average Bonchev–Trinajstić information content (AvgIpc) is 2.90. The Morgan fingerprint density at radius 1 is 1.14 bits per heavy atom. The van der Waals surface area contributed by atoms with Crippen LogP contribution >= 0.6 is 0 Å². The lowest BCUT2D eigenvalue weighted by molar-refractivity contribution is 0.0946. The van der Waals surface area contributed by atoms with Gasteiger partial charge in [0.25, 0.3) is 5.91 Å². The van der Waals surface area contributed by atoms with E-state index in [1.807, 2.05) is 55.5 Å². The van der Waals surface area contributed by atoms with E-state index in [1.54, 1.807) is 7.11 Å². The standard InChI is InChI=1S/C18H18N2O2/c1-12-15-5-3-4-6-16(15)20-17(12)18(21)19-11-13-7-9-14(22-2)10-8-13/h3-10,20H,11H2,1-2H3,(H,19,21). The molecule has 0 saturated carbocycles. The van der Waals surface area contributed by atoms with Crippen LogP contribution in [0.2, 0.25) is 0 Å². The number of ether oxygens (including phenoxy) is 1. The predicted molar refractivity (Wildman–Crippen MR) is 87.2 cm³/mol. The van der Waals surface area contributed by atoms with Crippen molar-refractivity contribution in [1.29, 1.82) is 0 Å². The Balaban J connectivity index is 1.74. The molecule has 0 aliphatic carbocycles. The van der Waals surface area contributed by atoms with Crippen LogP contribution in [0.4, 0.5) is 0 Å². The molecule has 2 aromatic carbocycles. The van der Waals surface area contributed by atoms with Crippen LogP contribution in [0, 0.1) is 6.92 Å². The number of aromatic nitrogens is 1. The molecule has 1 amide bonds. The lowest BCUT2D eigenvalue weighted by Crippen LogP contribution is -2.23. The first kappa shape index (κ1) is 14.2. The largest absolute Gasteiger partial charge is 0.497 e. The van der Waals surface area contributed by atoms with Gasteiger partial charge in [0.1, 0.15) is 11.4 Å². The number of carbonyl (C=O) groups excluding carboxylic acids is 1. The molecule has 4 heteroatoms. The highest BCUT2D eigenvalue weighted by Crippen LogP contribution is 2.21. The Bertz CT molecular complexity index is 804. The number of aromatic amines is 1. The average molecular weight is 294 g/mol. The molecular formula is C18H18N2O2. The fourth-order valence-electron chi connectivity index (χ4n) is 2.52. The van der Waals surface area contributed by atoms with Gasteiger partial charge in [-0.05, 0) is 36.2 Å². The molecule has 0 saturated heterocycles. The maximum absolute atomic E-state index is 12.4. The predicted octanol–water partition coefficient (Wildman–Crippen LogP) is 3.41. The van der Waals surface area contributed by atoms with Crippen molar-refractivity contribution in [3.8, 4) is 5.75 Å². The minimum atomic E-state index is -0.0930. The van der Waals surface area contributed by atoms with Crippen LogP contribution in [0.5, 0.6) is 5.75 Å². The molecule has 2 N–H and O–H groups in total. The van der Waals surface area contributed by atoms with E-state index in [0.717, 1.165) is 27.8 Å². The second kappa shape index (κ2) is 5.93. The van der Waals surface area contributed by atoms with Crippen molar-refractivity contribution in [2.45, 2.75) is 13.5 Å². The molecule has 3 rings (SSSR count). The molecule has 4 nitrogen and oxygen atoms in total. The van der Waals surface area contributed by atoms with Gasteiger partial charge in [0, 0.05) is 17.4 Å². The SMILES string of the molecule is COc1ccc(CNC(=O)c2[nH]c3ccccc3c2C)cc1. The maximum Gasteiger partial charge on any atom is 0.268 e. The van der Waals surface area contributed by atoms with Crippen molar-refractivity contribution < 1.29 is 9.53 Å². The van der Waals surface area contributed by atoms with E-state index in [0.29, 0.717) is 12.2 Å². The molecular weight excluding hydrogens is 276 g/mol. The molecule has 0 fully saturated rings. The van der Waals surface area contributed by atoms with E-state index >= 15 is 0 Å². The molecule has 0 atom stereocenters. The van der Waals surface area contributed by atoms with Gasteiger partial charge in [0.15, 0.2) is 0 Å². The summed E-state index contributed by atoms with van der Waals surface area (Å²) in [6.07, 6.45) is 0. The Morgan fingerprint density at radius 2 is 1.86 bits per heavy atom. The van der Waals surface area contributed by atoms with Gasteiger partial charge < -0.3 is 15.0 Å². The van der Waals surface area contributed by atoms with Crippen LogP contribution in [0.1, 0.15) is 21.6 Å². The van der Waals surface area contributed by atoms with E-state index in [9.17, 15) is 4.79 Å². The van der Waals surface area contributed by atoms with E-state index in [4.69, 9.17) is 4.74 Å². The van der Waals surface area contributed by atoms with E-state index in [2.05, 4.69) is 10.3 Å². The Morgan fingerprint density at radius 3 is 2.55 bits per heavy atom. The van der Waals surface area contributed by atoms with Crippen molar-refractivity contribution in [1.82, 2.24) is 10.3 Å². The number of nitrogens with one attached hydrogen (secondary N) is 2. The maximum atomic E-state index is 12.4. The smallest absolute Gasteiger partial charge is 0.268 e. The first-order valence-corrected chi connectivity index (χ1v) is 7.17. The summed E-state index contributed by atoms with van der Waals surface area (Å²) in [5.74, 6) is 0.714. The highest BCUT2D eigenvalue weighted by Gasteiger charge is 2.13. The van der Waals surface area contributed by atoms with Gasteiger partial charge >= 0.3 is 0 Å². The number of H-pyrrole nitrogens is 1. The number of hydrogen-bond donors (Lipinski definition) is 2. The minimum absolute atomic E-state index is 0.0930. The van der Waals surface area contributed by atoms with Gasteiger partial charge in [0.2, 0.25) is 0 Å². The van der Waals surface area contributed by atoms with E-state index in [1.165, 1.54) is 0 Å². The lowest BCUT2D eigenvalue weighted by atomic mass is 10.1.